The molecule has 1 aromatic carbocycles. The molecule has 2 heterocycles. The first-order valence-electron chi connectivity index (χ1n) is 7.67. The maximum absolute atomic E-state index is 4.72. The number of hydrogen-bond acceptors (Lipinski definition) is 3. The van der Waals surface area contributed by atoms with Crippen molar-refractivity contribution in [2.75, 3.05) is 25.5 Å². The third-order valence-corrected chi connectivity index (χ3v) is 3.86. The summed E-state index contributed by atoms with van der Waals surface area (Å²) in [7, 11) is 4.11. The highest BCUT2D eigenvalue weighted by molar-refractivity contribution is 6.15. The number of pyridine rings is 1. The molecule has 0 N–H and O–H groups in total. The molecule has 1 aliphatic rings. The molecule has 1 aliphatic heterocycles. The lowest BCUT2D eigenvalue weighted by Gasteiger charge is -2.17. The molecule has 0 saturated carbocycles. The summed E-state index contributed by atoms with van der Waals surface area (Å²) in [6.07, 6.45) is 8.14. The van der Waals surface area contributed by atoms with E-state index in [0.717, 1.165) is 30.7 Å². The first kappa shape index (κ1) is 20.2. The second kappa shape index (κ2) is 9.45. The van der Waals surface area contributed by atoms with Crippen molar-refractivity contribution >= 4 is 42.3 Å². The number of hydrogen-bond donors (Lipinski definition) is 0. The zero-order valence-electron chi connectivity index (χ0n) is 14.0. The highest BCUT2D eigenvalue weighted by atomic mass is 35.5. The minimum atomic E-state index is 0. The molecule has 0 saturated heterocycles. The minimum absolute atomic E-state index is 0. The molecule has 0 aliphatic carbocycles. The third-order valence-electron chi connectivity index (χ3n) is 3.86. The normalized spacial score (nSPS) is 15.1. The Morgan fingerprint density at radius 3 is 2.42 bits per heavy atom. The quantitative estimate of drug-likeness (QED) is 0.793. The number of halogens is 2. The molecule has 3 nitrogen and oxygen atoms in total. The van der Waals surface area contributed by atoms with E-state index in [1.54, 1.807) is 6.20 Å². The van der Waals surface area contributed by atoms with Gasteiger partial charge in [0, 0.05) is 44.3 Å². The molecule has 128 valence electrons. The fourth-order valence-electron chi connectivity index (χ4n) is 2.67. The lowest BCUT2D eigenvalue weighted by Crippen LogP contribution is -2.12. The van der Waals surface area contributed by atoms with Gasteiger partial charge in [-0.1, -0.05) is 12.1 Å². The lowest BCUT2D eigenvalue weighted by molar-refractivity contribution is 0.818. The SMILES string of the molecule is CN(C)c1ccc(/C=C2\CCCN=C2c2cccnc2)cc1.Cl.Cl. The van der Waals surface area contributed by atoms with Gasteiger partial charge in [-0.3, -0.25) is 9.98 Å². The van der Waals surface area contributed by atoms with Crippen LogP contribution in [0.25, 0.3) is 6.08 Å². The number of nitrogens with zero attached hydrogens (tertiary/aromatic N) is 3. The first-order chi connectivity index (χ1) is 10.7. The van der Waals surface area contributed by atoms with Crippen molar-refractivity contribution in [2.45, 2.75) is 12.8 Å². The van der Waals surface area contributed by atoms with E-state index in [1.807, 2.05) is 12.3 Å². The third kappa shape index (κ3) is 4.83. The van der Waals surface area contributed by atoms with Gasteiger partial charge >= 0.3 is 0 Å². The van der Waals surface area contributed by atoms with Crippen LogP contribution in [0.15, 0.2) is 59.4 Å². The second-order valence-corrected chi connectivity index (χ2v) is 5.73. The number of aromatic nitrogens is 1. The van der Waals surface area contributed by atoms with Crippen molar-refractivity contribution in [3.8, 4) is 0 Å². The van der Waals surface area contributed by atoms with Crippen LogP contribution in [0.2, 0.25) is 0 Å². The molecule has 0 amide bonds. The van der Waals surface area contributed by atoms with E-state index >= 15 is 0 Å². The van der Waals surface area contributed by atoms with Crippen LogP contribution >= 0.6 is 24.8 Å². The van der Waals surface area contributed by atoms with Crippen LogP contribution in [0.4, 0.5) is 5.69 Å². The van der Waals surface area contributed by atoms with Crippen LogP contribution in [0, 0.1) is 0 Å². The first-order valence-corrected chi connectivity index (χ1v) is 7.67. The fourth-order valence-corrected chi connectivity index (χ4v) is 2.67. The van der Waals surface area contributed by atoms with E-state index in [1.165, 1.54) is 16.8 Å². The van der Waals surface area contributed by atoms with E-state index in [4.69, 9.17) is 4.99 Å². The molecule has 0 atom stereocenters. The smallest absolute Gasteiger partial charge is 0.0694 e. The summed E-state index contributed by atoms with van der Waals surface area (Å²) in [5.74, 6) is 0. The Bertz CT molecular complexity index is 692. The average molecular weight is 364 g/mol. The van der Waals surface area contributed by atoms with Crippen molar-refractivity contribution in [3.05, 3.63) is 65.5 Å². The topological polar surface area (TPSA) is 28.5 Å². The predicted octanol–water partition coefficient (Wildman–Crippen LogP) is 4.66. The monoisotopic (exact) mass is 363 g/mol. The Labute approximate surface area is 156 Å². The van der Waals surface area contributed by atoms with Crippen LogP contribution in [0.5, 0.6) is 0 Å². The van der Waals surface area contributed by atoms with E-state index in [2.05, 4.69) is 60.4 Å². The Morgan fingerprint density at radius 1 is 1.04 bits per heavy atom. The molecule has 2 aromatic rings. The summed E-state index contributed by atoms with van der Waals surface area (Å²) in [5.41, 5.74) is 5.94. The number of aliphatic imine (C=N–C) groups is 1. The van der Waals surface area contributed by atoms with E-state index in [-0.39, 0.29) is 24.8 Å². The van der Waals surface area contributed by atoms with Gasteiger partial charge < -0.3 is 4.90 Å². The standard InChI is InChI=1S/C19H21N3.2ClH/c1-22(2)18-9-7-15(8-10-18)13-16-5-4-12-21-19(16)17-6-3-11-20-14-17;;/h3,6-11,13-14H,4-5,12H2,1-2H3;2*1H/b16-13+;;. The Morgan fingerprint density at radius 2 is 1.79 bits per heavy atom. The Hall–Kier alpha value is -1.84. The van der Waals surface area contributed by atoms with Crippen LogP contribution < -0.4 is 4.90 Å². The Balaban J connectivity index is 0.00000144. The molecule has 0 radical (unpaired) electrons. The van der Waals surface area contributed by atoms with Crippen LogP contribution in [0.3, 0.4) is 0 Å². The van der Waals surface area contributed by atoms with Crippen molar-refractivity contribution in [3.63, 3.8) is 0 Å². The molecule has 1 aromatic heterocycles. The number of benzene rings is 1. The van der Waals surface area contributed by atoms with Gasteiger partial charge in [0.25, 0.3) is 0 Å². The van der Waals surface area contributed by atoms with Gasteiger partial charge in [0.15, 0.2) is 0 Å². The molecule has 0 spiro atoms. The molecule has 0 bridgehead atoms. The summed E-state index contributed by atoms with van der Waals surface area (Å²) < 4.78 is 0. The minimum Gasteiger partial charge on any atom is -0.378 e. The molecule has 0 fully saturated rings. The van der Waals surface area contributed by atoms with Gasteiger partial charge in [0.05, 0.1) is 5.71 Å². The summed E-state index contributed by atoms with van der Waals surface area (Å²) in [6.45, 7) is 0.904. The van der Waals surface area contributed by atoms with Gasteiger partial charge in [-0.05, 0) is 54.3 Å². The van der Waals surface area contributed by atoms with Gasteiger partial charge in [-0.15, -0.1) is 24.8 Å². The van der Waals surface area contributed by atoms with Crippen LogP contribution in [-0.2, 0) is 0 Å². The zero-order chi connectivity index (χ0) is 15.4. The fraction of sp³-hybridized carbons (Fsp3) is 0.263. The van der Waals surface area contributed by atoms with E-state index in [0.29, 0.717) is 0 Å². The van der Waals surface area contributed by atoms with Crippen molar-refractivity contribution in [1.29, 1.82) is 0 Å². The van der Waals surface area contributed by atoms with Crippen LogP contribution in [-0.4, -0.2) is 31.3 Å². The maximum Gasteiger partial charge on any atom is 0.0694 e. The van der Waals surface area contributed by atoms with Gasteiger partial charge in [-0.2, -0.15) is 0 Å². The van der Waals surface area contributed by atoms with E-state index < -0.39 is 0 Å². The van der Waals surface area contributed by atoms with Crippen molar-refractivity contribution < 1.29 is 0 Å². The molecule has 3 rings (SSSR count). The molecule has 24 heavy (non-hydrogen) atoms. The second-order valence-electron chi connectivity index (χ2n) is 5.73. The summed E-state index contributed by atoms with van der Waals surface area (Å²) in [6, 6.07) is 12.7. The van der Waals surface area contributed by atoms with Gasteiger partial charge in [0.2, 0.25) is 0 Å². The number of anilines is 1. The summed E-state index contributed by atoms with van der Waals surface area (Å²) in [4.78, 5) is 11.1. The highest BCUT2D eigenvalue weighted by Crippen LogP contribution is 2.22. The maximum atomic E-state index is 4.72. The zero-order valence-corrected chi connectivity index (χ0v) is 15.6. The average Bonchev–Trinajstić information content (AvgIpc) is 2.57. The molecule has 5 heteroatoms. The number of allylic oxidation sites excluding steroid dienone is 1. The van der Waals surface area contributed by atoms with Crippen molar-refractivity contribution in [1.82, 2.24) is 4.98 Å². The predicted molar refractivity (Wildman–Crippen MR) is 108 cm³/mol. The van der Waals surface area contributed by atoms with Crippen LogP contribution in [0.1, 0.15) is 24.0 Å². The van der Waals surface area contributed by atoms with E-state index in [9.17, 15) is 0 Å². The molecule has 0 unspecified atom stereocenters. The molecular formula is C19H23Cl2N3. The summed E-state index contributed by atoms with van der Waals surface area (Å²) >= 11 is 0. The largest absolute Gasteiger partial charge is 0.378 e. The summed E-state index contributed by atoms with van der Waals surface area (Å²) in [5, 5.41) is 0. The van der Waals surface area contributed by atoms with Crippen molar-refractivity contribution in [2.24, 2.45) is 4.99 Å². The van der Waals surface area contributed by atoms with Gasteiger partial charge in [-0.25, -0.2) is 0 Å². The highest BCUT2D eigenvalue weighted by Gasteiger charge is 2.14. The number of rotatable bonds is 3. The van der Waals surface area contributed by atoms with Gasteiger partial charge in [0.1, 0.15) is 0 Å². The lowest BCUT2D eigenvalue weighted by atomic mass is 9.95. The Kier molecular flexibility index (Phi) is 7.96. The molecular weight excluding hydrogens is 341 g/mol.